The van der Waals surface area contributed by atoms with Gasteiger partial charge in [-0.25, -0.2) is 5.43 Å². The largest absolute Gasteiger partial charge is 0.326 e. The number of anilines is 1. The molecule has 0 radical (unpaired) electrons. The smallest absolute Gasteiger partial charge is 0.271 e. The molecule has 2 rings (SSSR count). The maximum absolute atomic E-state index is 12.1. The molecule has 0 fully saturated rings. The first-order valence-electron chi connectivity index (χ1n) is 8.30. The number of benzene rings is 2. The molecule has 0 saturated heterocycles. The third kappa shape index (κ3) is 5.57. The van der Waals surface area contributed by atoms with E-state index in [0.29, 0.717) is 17.7 Å². The lowest BCUT2D eigenvalue weighted by Crippen LogP contribution is -2.18. The monoisotopic (exact) mass is 337 g/mol. The van der Waals surface area contributed by atoms with Crippen LogP contribution in [0.15, 0.2) is 47.6 Å². The SMILES string of the molecule is CCCC(=O)Nc1ccc(C(=O)N/N=C/c2ccc(C)cc2C)cc1. The van der Waals surface area contributed by atoms with Crippen LogP contribution in [-0.2, 0) is 4.79 Å². The van der Waals surface area contributed by atoms with Crippen LogP contribution < -0.4 is 10.7 Å². The van der Waals surface area contributed by atoms with Crippen molar-refractivity contribution in [2.75, 3.05) is 5.32 Å². The molecule has 5 heteroatoms. The fourth-order valence-electron chi connectivity index (χ4n) is 2.35. The van der Waals surface area contributed by atoms with Gasteiger partial charge < -0.3 is 5.32 Å². The van der Waals surface area contributed by atoms with E-state index in [-0.39, 0.29) is 11.8 Å². The normalized spacial score (nSPS) is 10.7. The zero-order valence-electron chi connectivity index (χ0n) is 14.8. The van der Waals surface area contributed by atoms with Gasteiger partial charge in [-0.2, -0.15) is 5.10 Å². The topological polar surface area (TPSA) is 70.6 Å². The molecule has 0 aliphatic heterocycles. The van der Waals surface area contributed by atoms with Crippen molar-refractivity contribution in [3.05, 3.63) is 64.7 Å². The number of rotatable bonds is 6. The van der Waals surface area contributed by atoms with Crippen molar-refractivity contribution in [3.63, 3.8) is 0 Å². The molecule has 0 bridgehead atoms. The quantitative estimate of drug-likeness (QED) is 0.621. The summed E-state index contributed by atoms with van der Waals surface area (Å²) in [6.45, 7) is 5.98. The molecule has 2 aromatic carbocycles. The summed E-state index contributed by atoms with van der Waals surface area (Å²) < 4.78 is 0. The number of carbonyl (C=O) groups is 2. The van der Waals surface area contributed by atoms with Crippen LogP contribution in [0.4, 0.5) is 5.69 Å². The van der Waals surface area contributed by atoms with E-state index in [1.54, 1.807) is 30.5 Å². The number of aryl methyl sites for hydroxylation is 2. The van der Waals surface area contributed by atoms with Gasteiger partial charge in [-0.15, -0.1) is 0 Å². The van der Waals surface area contributed by atoms with Gasteiger partial charge in [0.2, 0.25) is 5.91 Å². The van der Waals surface area contributed by atoms with Gasteiger partial charge in [0.05, 0.1) is 6.21 Å². The Morgan fingerprint density at radius 3 is 2.44 bits per heavy atom. The summed E-state index contributed by atoms with van der Waals surface area (Å²) >= 11 is 0. The first kappa shape index (κ1) is 18.4. The molecule has 2 aromatic rings. The molecule has 0 heterocycles. The first-order chi connectivity index (χ1) is 12.0. The second-order valence-corrected chi connectivity index (χ2v) is 5.93. The molecule has 2 amide bonds. The van der Waals surface area contributed by atoms with E-state index in [4.69, 9.17) is 0 Å². The lowest BCUT2D eigenvalue weighted by molar-refractivity contribution is -0.116. The Morgan fingerprint density at radius 1 is 1.08 bits per heavy atom. The maximum atomic E-state index is 12.1. The van der Waals surface area contributed by atoms with E-state index >= 15 is 0 Å². The molecule has 0 saturated carbocycles. The predicted octanol–water partition coefficient (Wildman–Crippen LogP) is 3.81. The number of hydrazone groups is 1. The number of amides is 2. The number of nitrogens with zero attached hydrogens (tertiary/aromatic N) is 1. The lowest BCUT2D eigenvalue weighted by Gasteiger charge is -2.05. The average Bonchev–Trinajstić information content (AvgIpc) is 2.57. The molecule has 2 N–H and O–H groups in total. The zero-order valence-corrected chi connectivity index (χ0v) is 14.8. The molecule has 25 heavy (non-hydrogen) atoms. The third-order valence-corrected chi connectivity index (χ3v) is 3.70. The highest BCUT2D eigenvalue weighted by atomic mass is 16.2. The van der Waals surface area contributed by atoms with Crippen LogP contribution in [0.25, 0.3) is 0 Å². The van der Waals surface area contributed by atoms with Crippen LogP contribution >= 0.6 is 0 Å². The molecule has 0 unspecified atom stereocenters. The summed E-state index contributed by atoms with van der Waals surface area (Å²) in [6, 6.07) is 12.8. The summed E-state index contributed by atoms with van der Waals surface area (Å²) in [6.07, 6.45) is 2.91. The second kappa shape index (κ2) is 8.78. The maximum Gasteiger partial charge on any atom is 0.271 e. The number of hydrogen-bond donors (Lipinski definition) is 2. The third-order valence-electron chi connectivity index (χ3n) is 3.70. The van der Waals surface area contributed by atoms with Gasteiger partial charge in [0, 0.05) is 17.7 Å². The molecule has 5 nitrogen and oxygen atoms in total. The highest BCUT2D eigenvalue weighted by Crippen LogP contribution is 2.11. The molecular formula is C20H23N3O2. The minimum absolute atomic E-state index is 0.0298. The molecular weight excluding hydrogens is 314 g/mol. The van der Waals surface area contributed by atoms with Crippen LogP contribution in [0.5, 0.6) is 0 Å². The number of nitrogens with one attached hydrogen (secondary N) is 2. The fourth-order valence-corrected chi connectivity index (χ4v) is 2.35. The Hall–Kier alpha value is -2.95. The van der Waals surface area contributed by atoms with Gasteiger partial charge >= 0.3 is 0 Å². The van der Waals surface area contributed by atoms with E-state index in [1.807, 2.05) is 32.9 Å². The highest BCUT2D eigenvalue weighted by Gasteiger charge is 2.05. The van der Waals surface area contributed by atoms with E-state index in [0.717, 1.165) is 17.5 Å². The summed E-state index contributed by atoms with van der Waals surface area (Å²) in [7, 11) is 0. The van der Waals surface area contributed by atoms with Gasteiger partial charge in [0.15, 0.2) is 0 Å². The molecule has 130 valence electrons. The van der Waals surface area contributed by atoms with Crippen LogP contribution in [0, 0.1) is 13.8 Å². The van der Waals surface area contributed by atoms with Crippen molar-refractivity contribution in [3.8, 4) is 0 Å². The Morgan fingerprint density at radius 2 is 1.80 bits per heavy atom. The van der Waals surface area contributed by atoms with Crippen LogP contribution in [0.1, 0.15) is 46.8 Å². The summed E-state index contributed by atoms with van der Waals surface area (Å²) in [5.41, 5.74) is 6.91. The Labute approximate surface area is 148 Å². The fraction of sp³-hybridized carbons (Fsp3) is 0.250. The minimum Gasteiger partial charge on any atom is -0.326 e. The summed E-state index contributed by atoms with van der Waals surface area (Å²) in [4.78, 5) is 23.6. The average molecular weight is 337 g/mol. The van der Waals surface area contributed by atoms with Crippen LogP contribution in [-0.4, -0.2) is 18.0 Å². The summed E-state index contributed by atoms with van der Waals surface area (Å²) in [5, 5.41) is 6.79. The van der Waals surface area contributed by atoms with Crippen molar-refractivity contribution >= 4 is 23.7 Å². The van der Waals surface area contributed by atoms with Crippen molar-refractivity contribution in [1.82, 2.24) is 5.43 Å². The minimum atomic E-state index is -0.299. The van der Waals surface area contributed by atoms with Gasteiger partial charge in [0.25, 0.3) is 5.91 Å². The Bertz CT molecular complexity index is 780. The zero-order chi connectivity index (χ0) is 18.2. The molecule has 0 spiro atoms. The van der Waals surface area contributed by atoms with Gasteiger partial charge in [-0.1, -0.05) is 30.7 Å². The van der Waals surface area contributed by atoms with Gasteiger partial charge in [0.1, 0.15) is 0 Å². The number of hydrogen-bond acceptors (Lipinski definition) is 3. The summed E-state index contributed by atoms with van der Waals surface area (Å²) in [5.74, 6) is -0.329. The first-order valence-corrected chi connectivity index (χ1v) is 8.30. The lowest BCUT2D eigenvalue weighted by atomic mass is 10.1. The van der Waals surface area contributed by atoms with Crippen molar-refractivity contribution in [2.24, 2.45) is 5.10 Å². The molecule has 0 aromatic heterocycles. The molecule has 0 aliphatic rings. The molecule has 0 atom stereocenters. The predicted molar refractivity (Wildman–Crippen MR) is 101 cm³/mol. The van der Waals surface area contributed by atoms with Gasteiger partial charge in [-0.3, -0.25) is 9.59 Å². The molecule has 0 aliphatic carbocycles. The van der Waals surface area contributed by atoms with E-state index in [9.17, 15) is 9.59 Å². The Kier molecular flexibility index (Phi) is 6.46. The van der Waals surface area contributed by atoms with E-state index in [2.05, 4.69) is 21.9 Å². The van der Waals surface area contributed by atoms with E-state index < -0.39 is 0 Å². The van der Waals surface area contributed by atoms with Gasteiger partial charge in [-0.05, 0) is 55.7 Å². The second-order valence-electron chi connectivity index (χ2n) is 5.93. The van der Waals surface area contributed by atoms with Crippen LogP contribution in [0.3, 0.4) is 0 Å². The number of carbonyl (C=O) groups excluding carboxylic acids is 2. The van der Waals surface area contributed by atoms with Crippen molar-refractivity contribution < 1.29 is 9.59 Å². The highest BCUT2D eigenvalue weighted by molar-refractivity contribution is 5.96. The standard InChI is InChI=1S/C20H23N3O2/c1-4-5-19(24)22-18-10-8-16(9-11-18)20(25)23-21-13-17-7-6-14(2)12-15(17)3/h6-13H,4-5H2,1-3H3,(H,22,24)(H,23,25)/b21-13+. The van der Waals surface area contributed by atoms with E-state index in [1.165, 1.54) is 5.56 Å². The van der Waals surface area contributed by atoms with Crippen molar-refractivity contribution in [2.45, 2.75) is 33.6 Å². The van der Waals surface area contributed by atoms with Crippen molar-refractivity contribution in [1.29, 1.82) is 0 Å². The Balaban J connectivity index is 1.94. The van der Waals surface area contributed by atoms with Crippen LogP contribution in [0.2, 0.25) is 0 Å².